The molecule has 0 amide bonds. The van der Waals surface area contributed by atoms with Crippen molar-refractivity contribution in [2.24, 2.45) is 11.8 Å². The van der Waals surface area contributed by atoms with Crippen LogP contribution in [-0.4, -0.2) is 96.7 Å². The van der Waals surface area contributed by atoms with Crippen molar-refractivity contribution < 1.29 is 80.2 Å². The number of aliphatic hydroxyl groups excluding tert-OH is 1. The maximum atomic E-state index is 13.0. The van der Waals surface area contributed by atoms with Gasteiger partial charge in [0.15, 0.2) is 12.2 Å². The van der Waals surface area contributed by atoms with Gasteiger partial charge >= 0.3 is 39.5 Å². The predicted molar refractivity (Wildman–Crippen MR) is 363 cm³/mol. The molecule has 3 N–H and O–H groups in total. The lowest BCUT2D eigenvalue weighted by molar-refractivity contribution is -0.161. The fourth-order valence-electron chi connectivity index (χ4n) is 10.8. The first-order valence-corrected chi connectivity index (χ1v) is 40.0. The van der Waals surface area contributed by atoms with Gasteiger partial charge in [-0.1, -0.05) is 311 Å². The summed E-state index contributed by atoms with van der Waals surface area (Å²) < 4.78 is 68.2. The van der Waals surface area contributed by atoms with E-state index in [-0.39, 0.29) is 25.7 Å². The van der Waals surface area contributed by atoms with E-state index in [1.54, 1.807) is 0 Å². The molecule has 2 unspecified atom stereocenters. The Kier molecular flexibility index (Phi) is 61.8. The van der Waals surface area contributed by atoms with Crippen LogP contribution in [0, 0.1) is 11.8 Å². The van der Waals surface area contributed by atoms with E-state index >= 15 is 0 Å². The molecule has 17 nitrogen and oxygen atoms in total. The van der Waals surface area contributed by atoms with Crippen LogP contribution in [0.25, 0.3) is 0 Å². The normalized spacial score (nSPS) is 14.1. The van der Waals surface area contributed by atoms with Crippen molar-refractivity contribution in [3.05, 3.63) is 0 Å². The molecular weight excluding hydrogens is 1190 g/mol. The van der Waals surface area contributed by atoms with Crippen molar-refractivity contribution in [3.8, 4) is 0 Å². The highest BCUT2D eigenvalue weighted by molar-refractivity contribution is 7.47. The summed E-state index contributed by atoms with van der Waals surface area (Å²) >= 11 is 0. The van der Waals surface area contributed by atoms with Gasteiger partial charge in [0, 0.05) is 25.7 Å². The number of rotatable bonds is 70. The number of hydrogen-bond donors (Lipinski definition) is 3. The monoisotopic (exact) mass is 1320 g/mol. The molecule has 0 aromatic rings. The van der Waals surface area contributed by atoms with Crippen LogP contribution in [0.3, 0.4) is 0 Å². The highest BCUT2D eigenvalue weighted by Gasteiger charge is 2.30. The molecule has 0 rings (SSSR count). The minimum Gasteiger partial charge on any atom is -0.462 e. The SMILES string of the molecule is CCCCCCCCCCCCCCCCCCCCCCC(=O)O[C@H](COC(=O)CCCCCCCCCCCCC)COP(=O)(O)OC[C@@H](O)COP(=O)(O)OC[C@@H](COC(=O)CCCCCCCCC(C)C)OC(=O)CCCCCCCCCC(C)C. The minimum absolute atomic E-state index is 0.102. The Balaban J connectivity index is 5.17. The second kappa shape index (κ2) is 63.1. The van der Waals surface area contributed by atoms with Crippen LogP contribution in [-0.2, 0) is 65.4 Å². The summed E-state index contributed by atoms with van der Waals surface area (Å²) in [5.41, 5.74) is 0. The van der Waals surface area contributed by atoms with Gasteiger partial charge in [-0.2, -0.15) is 0 Å². The molecule has 534 valence electrons. The number of aliphatic hydroxyl groups is 1. The van der Waals surface area contributed by atoms with Gasteiger partial charge in [-0.05, 0) is 37.5 Å². The smallest absolute Gasteiger partial charge is 0.462 e. The Hall–Kier alpha value is -1.94. The maximum absolute atomic E-state index is 13.0. The van der Waals surface area contributed by atoms with E-state index < -0.39 is 97.5 Å². The van der Waals surface area contributed by atoms with E-state index in [1.165, 1.54) is 173 Å². The zero-order chi connectivity index (χ0) is 66.5. The molecule has 0 saturated carbocycles. The lowest BCUT2D eigenvalue weighted by atomic mass is 10.0. The van der Waals surface area contributed by atoms with Crippen molar-refractivity contribution in [1.29, 1.82) is 0 Å². The summed E-state index contributed by atoms with van der Waals surface area (Å²) in [5.74, 6) is -0.753. The Morgan fingerprint density at radius 3 is 0.756 bits per heavy atom. The number of esters is 4. The molecule has 0 spiro atoms. The fraction of sp³-hybridized carbons (Fsp3) is 0.944. The van der Waals surface area contributed by atoms with Crippen LogP contribution < -0.4 is 0 Å². The van der Waals surface area contributed by atoms with Crippen molar-refractivity contribution in [1.82, 2.24) is 0 Å². The van der Waals surface area contributed by atoms with E-state index in [9.17, 15) is 43.2 Å². The molecule has 0 aliphatic rings. The van der Waals surface area contributed by atoms with Gasteiger partial charge in [0.05, 0.1) is 26.4 Å². The van der Waals surface area contributed by atoms with Gasteiger partial charge in [0.25, 0.3) is 0 Å². The van der Waals surface area contributed by atoms with Gasteiger partial charge in [0.1, 0.15) is 19.3 Å². The third-order valence-electron chi connectivity index (χ3n) is 16.5. The van der Waals surface area contributed by atoms with Gasteiger partial charge in [-0.25, -0.2) is 9.13 Å². The molecule has 90 heavy (non-hydrogen) atoms. The molecule has 0 heterocycles. The number of carbonyl (C=O) groups excluding carboxylic acids is 4. The first-order chi connectivity index (χ1) is 43.4. The summed E-state index contributed by atoms with van der Waals surface area (Å²) in [5, 5.41) is 10.6. The fourth-order valence-corrected chi connectivity index (χ4v) is 12.3. The van der Waals surface area contributed by atoms with Crippen LogP contribution in [0.15, 0.2) is 0 Å². The van der Waals surface area contributed by atoms with Crippen LogP contribution in [0.1, 0.15) is 363 Å². The molecule has 0 bridgehead atoms. The zero-order valence-corrected chi connectivity index (χ0v) is 60.2. The summed E-state index contributed by atoms with van der Waals surface area (Å²) in [6.45, 7) is 9.40. The molecule has 5 atom stereocenters. The number of unbranched alkanes of at least 4 members (excludes halogenated alkanes) is 40. The Labute approximate surface area is 549 Å². The van der Waals surface area contributed by atoms with E-state index in [2.05, 4.69) is 41.5 Å². The van der Waals surface area contributed by atoms with Crippen molar-refractivity contribution in [3.63, 3.8) is 0 Å². The number of hydrogen-bond acceptors (Lipinski definition) is 15. The molecular formula is C71H138O17P2. The second-order valence-corrected chi connectivity index (χ2v) is 29.5. The van der Waals surface area contributed by atoms with Gasteiger partial charge in [-0.3, -0.25) is 37.3 Å². The third kappa shape index (κ3) is 64.8. The summed E-state index contributed by atoms with van der Waals surface area (Å²) in [7, 11) is -9.90. The van der Waals surface area contributed by atoms with Gasteiger partial charge < -0.3 is 33.8 Å². The lowest BCUT2D eigenvalue weighted by Crippen LogP contribution is -2.30. The zero-order valence-electron chi connectivity index (χ0n) is 58.4. The highest BCUT2D eigenvalue weighted by atomic mass is 31.2. The average molecular weight is 1330 g/mol. The number of phosphoric acid groups is 2. The second-order valence-electron chi connectivity index (χ2n) is 26.6. The molecule has 0 aliphatic heterocycles. The summed E-state index contributed by atoms with van der Waals surface area (Å²) in [6.07, 6.45) is 49.0. The van der Waals surface area contributed by atoms with E-state index in [0.29, 0.717) is 37.5 Å². The number of phosphoric ester groups is 2. The average Bonchev–Trinajstić information content (AvgIpc) is 3.70. The molecule has 19 heteroatoms. The van der Waals surface area contributed by atoms with Crippen molar-refractivity contribution in [2.75, 3.05) is 39.6 Å². The lowest BCUT2D eigenvalue weighted by Gasteiger charge is -2.21. The highest BCUT2D eigenvalue weighted by Crippen LogP contribution is 2.45. The Morgan fingerprint density at radius 1 is 0.300 bits per heavy atom. The summed E-state index contributed by atoms with van der Waals surface area (Å²) in [4.78, 5) is 72.5. The maximum Gasteiger partial charge on any atom is 0.472 e. The number of carbonyl (C=O) groups is 4. The van der Waals surface area contributed by atoms with Crippen molar-refractivity contribution in [2.45, 2.75) is 381 Å². The Bertz CT molecular complexity index is 1750. The van der Waals surface area contributed by atoms with Crippen LogP contribution >= 0.6 is 15.6 Å². The van der Waals surface area contributed by atoms with Crippen LogP contribution in [0.4, 0.5) is 0 Å². The third-order valence-corrected chi connectivity index (χ3v) is 18.4. The van der Waals surface area contributed by atoms with E-state index in [4.69, 9.17) is 37.0 Å². The first kappa shape index (κ1) is 88.1. The van der Waals surface area contributed by atoms with Gasteiger partial charge in [-0.15, -0.1) is 0 Å². The van der Waals surface area contributed by atoms with Crippen molar-refractivity contribution >= 4 is 39.5 Å². The largest absolute Gasteiger partial charge is 0.472 e. The van der Waals surface area contributed by atoms with Crippen LogP contribution in [0.5, 0.6) is 0 Å². The molecule has 0 radical (unpaired) electrons. The first-order valence-electron chi connectivity index (χ1n) is 37.0. The molecule has 0 aliphatic carbocycles. The topological polar surface area (TPSA) is 237 Å². The van der Waals surface area contributed by atoms with Gasteiger partial charge in [0.2, 0.25) is 0 Å². The predicted octanol–water partition coefficient (Wildman–Crippen LogP) is 20.4. The Morgan fingerprint density at radius 2 is 0.511 bits per heavy atom. The quantitative estimate of drug-likeness (QED) is 0.0222. The summed E-state index contributed by atoms with van der Waals surface area (Å²) in [6, 6.07) is 0. The molecule has 0 aromatic carbocycles. The number of ether oxygens (including phenoxy) is 4. The molecule has 0 saturated heterocycles. The standard InChI is InChI=1S/C71H138O17P2/c1-7-9-11-13-15-17-19-20-21-22-23-24-25-26-27-29-31-35-43-49-55-70(75)87-66(59-81-68(73)53-47-41-34-30-28-18-16-14-12-10-8-2)61-85-89(77,78)83-57-65(72)58-84-90(79,80)86-62-67(60-82-69(74)54-48-42-38-37-40-46-52-64(5)6)88-71(76)56-50-44-36-32-33-39-45-51-63(3)4/h63-67,72H,7-62H2,1-6H3,(H,77,78)(H,79,80)/t65-,66-,67-/m1/s1. The minimum atomic E-state index is -4.95. The molecule has 0 fully saturated rings. The molecule has 0 aromatic heterocycles. The van der Waals surface area contributed by atoms with Crippen LogP contribution in [0.2, 0.25) is 0 Å². The van der Waals surface area contributed by atoms with E-state index in [1.807, 2.05) is 0 Å². The van der Waals surface area contributed by atoms with E-state index in [0.717, 1.165) is 96.3 Å².